The van der Waals surface area contributed by atoms with Crippen LogP contribution in [0.1, 0.15) is 28.7 Å². The molecule has 198 valence electrons. The van der Waals surface area contributed by atoms with Crippen molar-refractivity contribution in [3.05, 3.63) is 52.7 Å². The van der Waals surface area contributed by atoms with Gasteiger partial charge in [0.1, 0.15) is 5.70 Å². The largest absolute Gasteiger partial charge is 0.493 e. The maximum atomic E-state index is 13.3. The maximum absolute atomic E-state index is 13.3. The van der Waals surface area contributed by atoms with Crippen LogP contribution < -0.4 is 29.0 Å². The average Bonchev–Trinajstić information content (AvgIpc) is 3.61. The molecule has 3 heterocycles. The first-order chi connectivity index (χ1) is 18.4. The average molecular weight is 523 g/mol. The van der Waals surface area contributed by atoms with Crippen LogP contribution in [0, 0.1) is 11.8 Å². The summed E-state index contributed by atoms with van der Waals surface area (Å²) < 4.78 is 33.6. The third-order valence-corrected chi connectivity index (χ3v) is 7.68. The lowest BCUT2D eigenvalue weighted by Gasteiger charge is -2.40. The van der Waals surface area contributed by atoms with Crippen LogP contribution in [0.2, 0.25) is 0 Å². The number of likely N-dealkylation sites (N-methyl/N-ethyl adjacent to an activating group) is 1. The first-order valence-corrected chi connectivity index (χ1v) is 12.1. The molecular weight excluding hydrogens is 496 g/mol. The van der Waals surface area contributed by atoms with Gasteiger partial charge >= 0.3 is 5.97 Å². The Balaban J connectivity index is 1.54. The molecular formula is C27H26N2O9. The van der Waals surface area contributed by atoms with Gasteiger partial charge in [-0.1, -0.05) is 0 Å². The van der Waals surface area contributed by atoms with Crippen molar-refractivity contribution >= 4 is 17.8 Å². The van der Waals surface area contributed by atoms with Gasteiger partial charge in [0.05, 0.1) is 39.9 Å². The highest BCUT2D eigenvalue weighted by Crippen LogP contribution is 2.55. The number of cyclic esters (lactones) is 1. The molecule has 0 radical (unpaired) electrons. The lowest BCUT2D eigenvalue weighted by atomic mass is 9.65. The molecule has 6 rings (SSSR count). The Hall–Kier alpha value is -4.41. The quantitative estimate of drug-likeness (QED) is 0.445. The zero-order chi connectivity index (χ0) is 26.7. The van der Waals surface area contributed by atoms with Crippen molar-refractivity contribution in [1.29, 1.82) is 0 Å². The molecule has 3 aliphatic heterocycles. The normalized spacial score (nSPS) is 25.0. The number of carbonyl (C=O) groups is 3. The Bertz CT molecular complexity index is 1380. The monoisotopic (exact) mass is 522 g/mol. The minimum absolute atomic E-state index is 0.0724. The molecule has 1 aliphatic carbocycles. The maximum Gasteiger partial charge on any atom is 0.310 e. The van der Waals surface area contributed by atoms with Crippen molar-refractivity contribution in [3.8, 4) is 28.7 Å². The molecule has 0 saturated carbocycles. The topological polar surface area (TPSA) is 122 Å². The SMILES string of the molecule is COc1cc([C@@H]2c3cc4c(cc3[C@@H](NC3=CC(=O)N(C)C3=O)[C@H]3COC(=O)[C@H]23)OCO4)cc(OC)c1OC. The van der Waals surface area contributed by atoms with E-state index in [1.165, 1.54) is 34.5 Å². The molecule has 11 nitrogen and oxygen atoms in total. The fourth-order valence-electron chi connectivity index (χ4n) is 5.86. The van der Waals surface area contributed by atoms with Gasteiger partial charge in [0.15, 0.2) is 23.0 Å². The van der Waals surface area contributed by atoms with Crippen LogP contribution in [-0.2, 0) is 19.1 Å². The molecule has 1 fully saturated rings. The molecule has 0 aromatic heterocycles. The van der Waals surface area contributed by atoms with Crippen LogP contribution in [-0.4, -0.2) is 64.5 Å². The van der Waals surface area contributed by atoms with Gasteiger partial charge in [-0.25, -0.2) is 0 Å². The minimum Gasteiger partial charge on any atom is -0.493 e. The summed E-state index contributed by atoms with van der Waals surface area (Å²) in [5.41, 5.74) is 2.53. The molecule has 11 heteroatoms. The number of methoxy groups -OCH3 is 3. The third-order valence-electron chi connectivity index (χ3n) is 7.68. The molecule has 2 aromatic rings. The van der Waals surface area contributed by atoms with Gasteiger partial charge in [0.25, 0.3) is 11.8 Å². The molecule has 2 aromatic carbocycles. The number of imide groups is 1. The highest BCUT2D eigenvalue weighted by Gasteiger charge is 2.53. The number of nitrogens with one attached hydrogen (secondary N) is 1. The Kier molecular flexibility index (Phi) is 5.59. The number of esters is 1. The van der Waals surface area contributed by atoms with Crippen LogP contribution in [0.5, 0.6) is 28.7 Å². The predicted octanol–water partition coefficient (Wildman–Crippen LogP) is 1.89. The second-order valence-electron chi connectivity index (χ2n) is 9.47. The fraction of sp³-hybridized carbons (Fsp3) is 0.370. The molecule has 0 bridgehead atoms. The summed E-state index contributed by atoms with van der Waals surface area (Å²) in [6, 6.07) is 6.87. The van der Waals surface area contributed by atoms with E-state index in [1.54, 1.807) is 0 Å². The van der Waals surface area contributed by atoms with E-state index in [1.807, 2.05) is 24.3 Å². The number of rotatable bonds is 6. The fourth-order valence-corrected chi connectivity index (χ4v) is 5.86. The first-order valence-electron chi connectivity index (χ1n) is 12.1. The summed E-state index contributed by atoms with van der Waals surface area (Å²) in [7, 11) is 6.02. The number of benzene rings is 2. The van der Waals surface area contributed by atoms with Crippen LogP contribution in [0.4, 0.5) is 0 Å². The van der Waals surface area contributed by atoms with Crippen molar-refractivity contribution in [2.75, 3.05) is 41.8 Å². The minimum atomic E-state index is -0.603. The molecule has 4 atom stereocenters. The predicted molar refractivity (Wildman–Crippen MR) is 130 cm³/mol. The summed E-state index contributed by atoms with van der Waals surface area (Å²) in [4.78, 5) is 39.2. The van der Waals surface area contributed by atoms with Gasteiger partial charge in [-0.3, -0.25) is 19.3 Å². The lowest BCUT2D eigenvalue weighted by Crippen LogP contribution is -2.42. The molecule has 1 saturated heterocycles. The van der Waals surface area contributed by atoms with Crippen molar-refractivity contribution in [3.63, 3.8) is 0 Å². The van der Waals surface area contributed by atoms with E-state index in [9.17, 15) is 14.4 Å². The highest BCUT2D eigenvalue weighted by atomic mass is 16.7. The smallest absolute Gasteiger partial charge is 0.310 e. The zero-order valence-corrected chi connectivity index (χ0v) is 21.2. The molecule has 38 heavy (non-hydrogen) atoms. The van der Waals surface area contributed by atoms with E-state index in [0.29, 0.717) is 28.7 Å². The number of carbonyl (C=O) groups excluding carboxylic acids is 3. The summed E-state index contributed by atoms with van der Waals surface area (Å²) in [6.07, 6.45) is 1.27. The van der Waals surface area contributed by atoms with Gasteiger partial charge in [0.2, 0.25) is 12.5 Å². The van der Waals surface area contributed by atoms with Crippen molar-refractivity contribution < 1.29 is 42.8 Å². The van der Waals surface area contributed by atoms with E-state index in [0.717, 1.165) is 21.6 Å². The number of hydrogen-bond donors (Lipinski definition) is 1. The Morgan fingerprint density at radius 1 is 0.895 bits per heavy atom. The van der Waals surface area contributed by atoms with Crippen LogP contribution >= 0.6 is 0 Å². The number of nitrogens with zero attached hydrogens (tertiary/aromatic N) is 1. The summed E-state index contributed by atoms with van der Waals surface area (Å²) in [5.74, 6) is -0.165. The summed E-state index contributed by atoms with van der Waals surface area (Å²) in [6.45, 7) is 0.213. The van der Waals surface area contributed by atoms with E-state index in [2.05, 4.69) is 5.32 Å². The number of hydrogen-bond acceptors (Lipinski definition) is 10. The Labute approximate surface area is 218 Å². The van der Waals surface area contributed by atoms with Gasteiger partial charge in [-0.15, -0.1) is 0 Å². The van der Waals surface area contributed by atoms with E-state index < -0.39 is 29.7 Å². The lowest BCUT2D eigenvalue weighted by molar-refractivity contribution is -0.141. The van der Waals surface area contributed by atoms with Crippen molar-refractivity contribution in [2.24, 2.45) is 11.8 Å². The highest BCUT2D eigenvalue weighted by molar-refractivity contribution is 6.15. The van der Waals surface area contributed by atoms with Crippen LogP contribution in [0.25, 0.3) is 0 Å². The second-order valence-corrected chi connectivity index (χ2v) is 9.47. The second kappa shape index (κ2) is 8.86. The van der Waals surface area contributed by atoms with Gasteiger partial charge in [-0.05, 0) is 41.0 Å². The van der Waals surface area contributed by atoms with Crippen LogP contribution in [0.3, 0.4) is 0 Å². The molecule has 1 N–H and O–H groups in total. The number of fused-ring (bicyclic) bond motifs is 3. The standard InChI is InChI=1S/C27H26N2O9/c1-29-21(30)9-16(26(29)31)28-24-14-8-18-17(37-11-38-18)7-13(14)22(23-15(24)10-36-27(23)32)12-5-19(33-2)25(35-4)20(6-12)34-3/h5-9,15,22-24,28H,10-11H2,1-4H3/t15-,22+,23-,24+/m0/s1. The summed E-state index contributed by atoms with van der Waals surface area (Å²) in [5, 5.41) is 3.25. The van der Waals surface area contributed by atoms with Gasteiger partial charge in [0, 0.05) is 25.0 Å². The molecule has 4 aliphatic rings. The first kappa shape index (κ1) is 24.0. The van der Waals surface area contributed by atoms with Crippen molar-refractivity contribution in [2.45, 2.75) is 12.0 Å². The van der Waals surface area contributed by atoms with E-state index >= 15 is 0 Å². The third kappa shape index (κ3) is 3.45. The van der Waals surface area contributed by atoms with E-state index in [-0.39, 0.29) is 31.0 Å². The number of ether oxygens (including phenoxy) is 6. The van der Waals surface area contributed by atoms with E-state index in [4.69, 9.17) is 28.4 Å². The Morgan fingerprint density at radius 3 is 2.13 bits per heavy atom. The molecule has 0 spiro atoms. The molecule has 2 amide bonds. The Morgan fingerprint density at radius 2 is 1.55 bits per heavy atom. The zero-order valence-electron chi connectivity index (χ0n) is 21.2. The van der Waals surface area contributed by atoms with Crippen LogP contribution in [0.15, 0.2) is 36.0 Å². The van der Waals surface area contributed by atoms with Crippen molar-refractivity contribution in [1.82, 2.24) is 10.2 Å². The number of amides is 2. The molecule has 0 unspecified atom stereocenters. The van der Waals surface area contributed by atoms with Gasteiger partial charge < -0.3 is 33.7 Å². The van der Waals surface area contributed by atoms with Gasteiger partial charge in [-0.2, -0.15) is 0 Å². The summed E-state index contributed by atoms with van der Waals surface area (Å²) >= 11 is 0.